The van der Waals surface area contributed by atoms with Crippen molar-refractivity contribution in [1.82, 2.24) is 5.32 Å². The minimum Gasteiger partial charge on any atom is -0.348 e. The van der Waals surface area contributed by atoms with Gasteiger partial charge in [-0.15, -0.1) is 0 Å². The van der Waals surface area contributed by atoms with E-state index in [1.807, 2.05) is 18.5 Å². The van der Waals surface area contributed by atoms with Crippen LogP contribution in [0, 0.1) is 17.5 Å². The number of halogens is 3. The van der Waals surface area contributed by atoms with Crippen molar-refractivity contribution in [2.24, 2.45) is 0 Å². The molecule has 0 spiro atoms. The van der Waals surface area contributed by atoms with E-state index in [0.717, 1.165) is 0 Å². The molecule has 0 saturated carbocycles. The number of carbonyl (C=O) groups is 2. The minimum absolute atomic E-state index is 0.306. The molecule has 0 fully saturated rings. The topological polar surface area (TPSA) is 58.2 Å². The second kappa shape index (κ2) is 7.92. The molecule has 4 nitrogen and oxygen atoms in total. The van der Waals surface area contributed by atoms with Gasteiger partial charge in [0.2, 0.25) is 0 Å². The largest absolute Gasteiger partial charge is 0.348 e. The predicted molar refractivity (Wildman–Crippen MR) is 75.5 cm³/mol. The molecule has 1 atom stereocenters. The van der Waals surface area contributed by atoms with Gasteiger partial charge in [0.1, 0.15) is 0 Å². The van der Waals surface area contributed by atoms with Gasteiger partial charge in [-0.1, -0.05) is 6.92 Å². The van der Waals surface area contributed by atoms with Crippen LogP contribution in [0.2, 0.25) is 0 Å². The maximum atomic E-state index is 13.0. The zero-order valence-electron chi connectivity index (χ0n) is 11.5. The monoisotopic (exact) mass is 320 g/mol. The Hall–Kier alpha value is -1.70. The normalized spacial score (nSPS) is 11.9. The van der Waals surface area contributed by atoms with Crippen LogP contribution in [-0.2, 0) is 9.59 Å². The summed E-state index contributed by atoms with van der Waals surface area (Å²) in [6.45, 7) is 2.28. The Balaban J connectivity index is 2.55. The molecule has 1 aromatic carbocycles. The number of nitrogens with one attached hydrogen (secondary N) is 2. The first-order valence-electron chi connectivity index (χ1n) is 6.11. The highest BCUT2D eigenvalue weighted by Crippen LogP contribution is 2.17. The highest BCUT2D eigenvalue weighted by Gasteiger charge is 2.16. The van der Waals surface area contributed by atoms with E-state index in [0.29, 0.717) is 30.3 Å². The molecule has 0 saturated heterocycles. The van der Waals surface area contributed by atoms with E-state index in [1.54, 1.807) is 11.8 Å². The van der Waals surface area contributed by atoms with Crippen LogP contribution in [0.5, 0.6) is 0 Å². The standard InChI is InChI=1S/C13H15F3N2O2S/c1-7(21-2)3-4-17-12(19)13(20)18-8-5-9(14)11(16)10(15)6-8/h5-7H,3-4H2,1-2H3,(H,17,19)(H,18,20)/t7-/m1/s1. The van der Waals surface area contributed by atoms with Crippen LogP contribution in [-0.4, -0.2) is 29.9 Å². The molecular weight excluding hydrogens is 305 g/mol. The lowest BCUT2D eigenvalue weighted by molar-refractivity contribution is -0.136. The number of benzene rings is 1. The van der Waals surface area contributed by atoms with Crippen molar-refractivity contribution in [3.63, 3.8) is 0 Å². The molecule has 1 aromatic rings. The summed E-state index contributed by atoms with van der Waals surface area (Å²) in [4.78, 5) is 23.0. The van der Waals surface area contributed by atoms with Crippen molar-refractivity contribution in [3.05, 3.63) is 29.6 Å². The van der Waals surface area contributed by atoms with Gasteiger partial charge >= 0.3 is 11.8 Å². The Kier molecular flexibility index (Phi) is 6.54. The fraction of sp³-hybridized carbons (Fsp3) is 0.385. The molecule has 0 aliphatic heterocycles. The summed E-state index contributed by atoms with van der Waals surface area (Å²) < 4.78 is 38.6. The number of rotatable bonds is 5. The molecule has 0 aliphatic carbocycles. The summed E-state index contributed by atoms with van der Waals surface area (Å²) >= 11 is 1.62. The molecule has 116 valence electrons. The molecule has 21 heavy (non-hydrogen) atoms. The van der Waals surface area contributed by atoms with Gasteiger partial charge < -0.3 is 10.6 Å². The second-order valence-corrected chi connectivity index (χ2v) is 5.58. The Labute approximate surface area is 124 Å². The van der Waals surface area contributed by atoms with Crippen LogP contribution >= 0.6 is 11.8 Å². The molecule has 1 rings (SSSR count). The summed E-state index contributed by atoms with van der Waals surface area (Å²) in [6, 6.07) is 1.19. The highest BCUT2D eigenvalue weighted by molar-refractivity contribution is 7.99. The number of hydrogen-bond donors (Lipinski definition) is 2. The zero-order chi connectivity index (χ0) is 16.0. The third-order valence-corrected chi connectivity index (χ3v) is 3.73. The first-order valence-corrected chi connectivity index (χ1v) is 7.40. The Morgan fingerprint density at radius 1 is 1.19 bits per heavy atom. The Morgan fingerprint density at radius 3 is 2.29 bits per heavy atom. The summed E-state index contributed by atoms with van der Waals surface area (Å²) in [5.74, 6) is -6.52. The molecule has 0 bridgehead atoms. The average molecular weight is 320 g/mol. The SMILES string of the molecule is CS[C@H](C)CCNC(=O)C(=O)Nc1cc(F)c(F)c(F)c1. The summed E-state index contributed by atoms with van der Waals surface area (Å²) in [5.41, 5.74) is -0.330. The fourth-order valence-corrected chi connectivity index (χ4v) is 1.76. The molecule has 2 N–H and O–H groups in total. The molecular formula is C13H15F3N2O2S. The maximum absolute atomic E-state index is 13.0. The molecule has 0 aromatic heterocycles. The van der Waals surface area contributed by atoms with E-state index in [4.69, 9.17) is 0 Å². The van der Waals surface area contributed by atoms with Crippen molar-refractivity contribution in [2.45, 2.75) is 18.6 Å². The van der Waals surface area contributed by atoms with E-state index >= 15 is 0 Å². The van der Waals surface area contributed by atoms with Gasteiger partial charge in [-0.05, 0) is 12.7 Å². The number of amides is 2. The fourth-order valence-electron chi connectivity index (χ4n) is 1.40. The lowest BCUT2D eigenvalue weighted by atomic mass is 10.2. The third-order valence-electron chi connectivity index (χ3n) is 2.69. The first kappa shape index (κ1) is 17.4. The second-order valence-electron chi connectivity index (χ2n) is 4.30. The van der Waals surface area contributed by atoms with Crippen molar-refractivity contribution < 1.29 is 22.8 Å². The van der Waals surface area contributed by atoms with Gasteiger partial charge in [-0.25, -0.2) is 13.2 Å². The van der Waals surface area contributed by atoms with Gasteiger partial charge in [-0.3, -0.25) is 9.59 Å². The minimum atomic E-state index is -1.64. The smallest absolute Gasteiger partial charge is 0.313 e. The van der Waals surface area contributed by atoms with Crippen LogP contribution in [0.25, 0.3) is 0 Å². The quantitative estimate of drug-likeness (QED) is 0.646. The van der Waals surface area contributed by atoms with Crippen LogP contribution < -0.4 is 10.6 Å². The molecule has 2 amide bonds. The van der Waals surface area contributed by atoms with Gasteiger partial charge in [0.15, 0.2) is 17.5 Å². The molecule has 0 aliphatic rings. The highest BCUT2D eigenvalue weighted by atomic mass is 32.2. The van der Waals surface area contributed by atoms with Crippen molar-refractivity contribution in [3.8, 4) is 0 Å². The van der Waals surface area contributed by atoms with Gasteiger partial charge in [-0.2, -0.15) is 11.8 Å². The van der Waals surface area contributed by atoms with Crippen LogP contribution in [0.4, 0.5) is 18.9 Å². The number of anilines is 1. The molecule has 0 radical (unpaired) electrons. The summed E-state index contributed by atoms with van der Waals surface area (Å²) in [5, 5.41) is 4.71. The predicted octanol–water partition coefficient (Wildman–Crippen LogP) is 2.30. The van der Waals surface area contributed by atoms with Gasteiger partial charge in [0, 0.05) is 29.6 Å². The van der Waals surface area contributed by atoms with Crippen LogP contribution in [0.1, 0.15) is 13.3 Å². The van der Waals surface area contributed by atoms with Crippen molar-refractivity contribution >= 4 is 29.3 Å². The Morgan fingerprint density at radius 2 is 1.76 bits per heavy atom. The van der Waals surface area contributed by atoms with Crippen molar-refractivity contribution in [2.75, 3.05) is 18.1 Å². The molecule has 8 heteroatoms. The maximum Gasteiger partial charge on any atom is 0.313 e. The third kappa shape index (κ3) is 5.30. The van der Waals surface area contributed by atoms with E-state index in [-0.39, 0.29) is 5.69 Å². The average Bonchev–Trinajstić information content (AvgIpc) is 2.44. The van der Waals surface area contributed by atoms with E-state index in [9.17, 15) is 22.8 Å². The zero-order valence-corrected chi connectivity index (χ0v) is 12.3. The number of carbonyl (C=O) groups excluding carboxylic acids is 2. The summed E-state index contributed by atoms with van der Waals surface area (Å²) in [6.07, 6.45) is 2.61. The molecule has 0 heterocycles. The van der Waals surface area contributed by atoms with Crippen LogP contribution in [0.3, 0.4) is 0 Å². The van der Waals surface area contributed by atoms with E-state index < -0.39 is 29.3 Å². The number of thioether (sulfide) groups is 1. The lowest BCUT2D eigenvalue weighted by Gasteiger charge is -2.09. The lowest BCUT2D eigenvalue weighted by Crippen LogP contribution is -2.36. The van der Waals surface area contributed by atoms with E-state index in [2.05, 4.69) is 5.32 Å². The van der Waals surface area contributed by atoms with Gasteiger partial charge in [0.25, 0.3) is 0 Å². The van der Waals surface area contributed by atoms with Crippen LogP contribution in [0.15, 0.2) is 12.1 Å². The van der Waals surface area contributed by atoms with E-state index in [1.165, 1.54) is 0 Å². The Bertz CT molecular complexity index is 517. The summed E-state index contributed by atoms with van der Waals surface area (Å²) in [7, 11) is 0. The van der Waals surface area contributed by atoms with Crippen molar-refractivity contribution in [1.29, 1.82) is 0 Å². The number of hydrogen-bond acceptors (Lipinski definition) is 3. The van der Waals surface area contributed by atoms with Gasteiger partial charge in [0.05, 0.1) is 0 Å². The first-order chi connectivity index (χ1) is 9.85. The molecule has 0 unspecified atom stereocenters.